The maximum absolute atomic E-state index is 13.7. The van der Waals surface area contributed by atoms with Gasteiger partial charge in [0.25, 0.3) is 0 Å². The van der Waals surface area contributed by atoms with Gasteiger partial charge in [0.1, 0.15) is 11.6 Å². The molecule has 1 saturated heterocycles. The summed E-state index contributed by atoms with van der Waals surface area (Å²) in [5.41, 5.74) is 0.408. The van der Waals surface area contributed by atoms with Crippen LogP contribution in [0.2, 0.25) is 0 Å². The van der Waals surface area contributed by atoms with E-state index in [-0.39, 0.29) is 17.7 Å². The number of halogens is 2. The van der Waals surface area contributed by atoms with Crippen LogP contribution in [0, 0.1) is 17.6 Å². The average Bonchev–Trinajstić information content (AvgIpc) is 2.35. The molecule has 0 radical (unpaired) electrons. The highest BCUT2D eigenvalue weighted by Gasteiger charge is 2.26. The zero-order valence-corrected chi connectivity index (χ0v) is 11.8. The second kappa shape index (κ2) is 5.97. The summed E-state index contributed by atoms with van der Waals surface area (Å²) in [6.45, 7) is 6.17. The van der Waals surface area contributed by atoms with Crippen LogP contribution in [0.25, 0.3) is 0 Å². The summed E-state index contributed by atoms with van der Waals surface area (Å²) in [6, 6.07) is 3.82. The molecule has 1 N–H and O–H groups in total. The predicted octanol–water partition coefficient (Wildman–Crippen LogP) is 2.96. The van der Waals surface area contributed by atoms with E-state index in [4.69, 9.17) is 0 Å². The maximum Gasteiger partial charge on any atom is 0.128 e. The predicted molar refractivity (Wildman–Crippen MR) is 73.0 cm³/mol. The lowest BCUT2D eigenvalue weighted by Gasteiger charge is -2.37. The quantitative estimate of drug-likeness (QED) is 0.906. The number of piperidine rings is 1. The molecule has 1 aromatic carbocycles. The summed E-state index contributed by atoms with van der Waals surface area (Å²) < 4.78 is 26.9. The van der Waals surface area contributed by atoms with Crippen LogP contribution in [-0.4, -0.2) is 31.1 Å². The van der Waals surface area contributed by atoms with Gasteiger partial charge in [-0.15, -0.1) is 0 Å². The maximum atomic E-state index is 13.7. The van der Waals surface area contributed by atoms with E-state index in [1.165, 1.54) is 12.1 Å². The number of rotatable bonds is 3. The molecule has 0 amide bonds. The van der Waals surface area contributed by atoms with Crippen LogP contribution in [0.4, 0.5) is 8.78 Å². The molecule has 1 aromatic rings. The first kappa shape index (κ1) is 14.4. The van der Waals surface area contributed by atoms with Gasteiger partial charge in [-0.25, -0.2) is 8.78 Å². The highest BCUT2D eigenvalue weighted by molar-refractivity contribution is 5.22. The third-order valence-electron chi connectivity index (χ3n) is 4.00. The van der Waals surface area contributed by atoms with Gasteiger partial charge in [0, 0.05) is 24.2 Å². The van der Waals surface area contributed by atoms with Crippen molar-refractivity contribution in [2.24, 2.45) is 5.92 Å². The smallest absolute Gasteiger partial charge is 0.128 e. The minimum absolute atomic E-state index is 0.174. The van der Waals surface area contributed by atoms with Crippen molar-refractivity contribution >= 4 is 0 Å². The topological polar surface area (TPSA) is 15.3 Å². The second-order valence-electron chi connectivity index (χ2n) is 5.69. The molecule has 1 aliphatic rings. The summed E-state index contributed by atoms with van der Waals surface area (Å²) >= 11 is 0. The van der Waals surface area contributed by atoms with Gasteiger partial charge < -0.3 is 10.2 Å². The average molecular weight is 268 g/mol. The number of nitrogens with one attached hydrogen (secondary N) is 1. The van der Waals surface area contributed by atoms with Gasteiger partial charge in [-0.2, -0.15) is 0 Å². The Balaban J connectivity index is 2.04. The van der Waals surface area contributed by atoms with Crippen molar-refractivity contribution in [1.82, 2.24) is 10.2 Å². The van der Waals surface area contributed by atoms with E-state index in [2.05, 4.69) is 24.2 Å². The third kappa shape index (κ3) is 3.51. The molecule has 0 bridgehead atoms. The highest BCUT2D eigenvalue weighted by Crippen LogP contribution is 2.22. The Kier molecular flexibility index (Phi) is 4.53. The van der Waals surface area contributed by atoms with Crippen molar-refractivity contribution < 1.29 is 8.78 Å². The number of likely N-dealkylation sites (tertiary alicyclic amines) is 1. The highest BCUT2D eigenvalue weighted by atomic mass is 19.1. The van der Waals surface area contributed by atoms with E-state index in [0.717, 1.165) is 25.6 Å². The van der Waals surface area contributed by atoms with Gasteiger partial charge in [0.2, 0.25) is 0 Å². The van der Waals surface area contributed by atoms with E-state index in [9.17, 15) is 8.78 Å². The van der Waals surface area contributed by atoms with Crippen molar-refractivity contribution in [2.45, 2.75) is 32.4 Å². The Bertz CT molecular complexity index is 436. The van der Waals surface area contributed by atoms with Crippen LogP contribution < -0.4 is 5.32 Å². The molecule has 0 spiro atoms. The Morgan fingerprint density at radius 2 is 2.11 bits per heavy atom. The van der Waals surface area contributed by atoms with Crippen molar-refractivity contribution in [1.29, 1.82) is 0 Å². The number of nitrogens with zero attached hydrogens (tertiary/aromatic N) is 1. The van der Waals surface area contributed by atoms with Gasteiger partial charge in [-0.3, -0.25) is 0 Å². The van der Waals surface area contributed by atoms with Crippen LogP contribution in [-0.2, 0) is 0 Å². The molecule has 4 heteroatoms. The summed E-state index contributed by atoms with van der Waals surface area (Å²) in [7, 11) is 2.11. The Morgan fingerprint density at radius 1 is 1.37 bits per heavy atom. The summed E-state index contributed by atoms with van der Waals surface area (Å²) in [5, 5.41) is 3.44. The van der Waals surface area contributed by atoms with Gasteiger partial charge in [-0.05, 0) is 51.1 Å². The Labute approximate surface area is 113 Å². The molecular formula is C15H22F2N2. The van der Waals surface area contributed by atoms with Gasteiger partial charge in [0.05, 0.1) is 0 Å². The summed E-state index contributed by atoms with van der Waals surface area (Å²) in [6.07, 6.45) is 1.04. The number of hydrogen-bond acceptors (Lipinski definition) is 2. The number of benzene rings is 1. The minimum atomic E-state index is -0.388. The minimum Gasteiger partial charge on any atom is -0.307 e. The van der Waals surface area contributed by atoms with Crippen LogP contribution in [0.1, 0.15) is 31.9 Å². The molecule has 19 heavy (non-hydrogen) atoms. The molecule has 106 valence electrons. The molecule has 1 fully saturated rings. The molecular weight excluding hydrogens is 246 g/mol. The summed E-state index contributed by atoms with van der Waals surface area (Å²) in [5.74, 6) is -0.221. The van der Waals surface area contributed by atoms with Crippen molar-refractivity contribution in [2.75, 3.05) is 20.1 Å². The van der Waals surface area contributed by atoms with E-state index in [1.807, 2.05) is 6.92 Å². The van der Waals surface area contributed by atoms with Gasteiger partial charge >= 0.3 is 0 Å². The van der Waals surface area contributed by atoms with Crippen LogP contribution in [0.3, 0.4) is 0 Å². The van der Waals surface area contributed by atoms with E-state index < -0.39 is 0 Å². The fourth-order valence-electron chi connectivity index (χ4n) is 2.86. The SMILES string of the molecule is CC(NC1CCN(C)CC1C)c1cc(F)ccc1F. The monoisotopic (exact) mass is 268 g/mol. The molecule has 0 aliphatic carbocycles. The lowest BCUT2D eigenvalue weighted by atomic mass is 9.92. The first-order chi connectivity index (χ1) is 8.97. The molecule has 1 aliphatic heterocycles. The standard InChI is InChI=1S/C15H22F2N2/c1-10-9-19(3)7-6-15(10)18-11(2)13-8-12(16)4-5-14(13)17/h4-5,8,10-11,15,18H,6-7,9H2,1-3H3. The lowest BCUT2D eigenvalue weighted by molar-refractivity contribution is 0.167. The molecule has 2 nitrogen and oxygen atoms in total. The van der Waals surface area contributed by atoms with Crippen molar-refractivity contribution in [3.8, 4) is 0 Å². The zero-order chi connectivity index (χ0) is 14.0. The first-order valence-corrected chi connectivity index (χ1v) is 6.87. The Hall–Kier alpha value is -1.00. The molecule has 1 heterocycles. The fraction of sp³-hybridized carbons (Fsp3) is 0.600. The van der Waals surface area contributed by atoms with E-state index in [1.54, 1.807) is 0 Å². The van der Waals surface area contributed by atoms with Crippen molar-refractivity contribution in [3.63, 3.8) is 0 Å². The largest absolute Gasteiger partial charge is 0.307 e. The molecule has 0 aromatic heterocycles. The second-order valence-corrected chi connectivity index (χ2v) is 5.69. The number of hydrogen-bond donors (Lipinski definition) is 1. The molecule has 0 saturated carbocycles. The molecule has 2 rings (SSSR count). The fourth-order valence-corrected chi connectivity index (χ4v) is 2.86. The van der Waals surface area contributed by atoms with Crippen LogP contribution in [0.15, 0.2) is 18.2 Å². The van der Waals surface area contributed by atoms with Crippen molar-refractivity contribution in [3.05, 3.63) is 35.4 Å². The van der Waals surface area contributed by atoms with Crippen LogP contribution >= 0.6 is 0 Å². The molecule has 3 atom stereocenters. The zero-order valence-electron chi connectivity index (χ0n) is 11.8. The van der Waals surface area contributed by atoms with E-state index >= 15 is 0 Å². The van der Waals surface area contributed by atoms with E-state index in [0.29, 0.717) is 17.5 Å². The summed E-state index contributed by atoms with van der Waals surface area (Å²) in [4.78, 5) is 2.30. The normalized spacial score (nSPS) is 26.4. The third-order valence-corrected chi connectivity index (χ3v) is 4.00. The lowest BCUT2D eigenvalue weighted by Crippen LogP contribution is -2.47. The molecule has 3 unspecified atom stereocenters. The van der Waals surface area contributed by atoms with Gasteiger partial charge in [-0.1, -0.05) is 6.92 Å². The van der Waals surface area contributed by atoms with Gasteiger partial charge in [0.15, 0.2) is 0 Å². The Morgan fingerprint density at radius 3 is 2.79 bits per heavy atom. The first-order valence-electron chi connectivity index (χ1n) is 6.87. The van der Waals surface area contributed by atoms with Crippen LogP contribution in [0.5, 0.6) is 0 Å².